The van der Waals surface area contributed by atoms with Gasteiger partial charge in [0.25, 0.3) is 5.91 Å². The van der Waals surface area contributed by atoms with Crippen LogP contribution in [-0.4, -0.2) is 46.2 Å². The Morgan fingerprint density at radius 1 is 1.38 bits per heavy atom. The number of benzene rings is 1. The molecule has 1 aliphatic rings. The number of carbonyl (C=O) groups excluding carboxylic acids is 1. The third kappa shape index (κ3) is 4.32. The average molecular weight is 356 g/mol. The van der Waals surface area contributed by atoms with Gasteiger partial charge >= 0.3 is 5.97 Å². The molecule has 0 spiro atoms. The van der Waals surface area contributed by atoms with Crippen molar-refractivity contribution in [1.82, 2.24) is 4.90 Å². The van der Waals surface area contributed by atoms with E-state index in [2.05, 4.69) is 0 Å². The maximum Gasteiger partial charge on any atom is 0.303 e. The number of carboxylic acids is 1. The molecular formula is C17H22ClNO5. The van der Waals surface area contributed by atoms with Crippen molar-refractivity contribution in [3.05, 3.63) is 22.7 Å². The first-order valence-corrected chi connectivity index (χ1v) is 8.50. The van der Waals surface area contributed by atoms with Gasteiger partial charge in [-0.2, -0.15) is 0 Å². The fourth-order valence-electron chi connectivity index (χ4n) is 2.99. The second kappa shape index (κ2) is 8.24. The summed E-state index contributed by atoms with van der Waals surface area (Å²) in [5.74, 6) is -1.09. The summed E-state index contributed by atoms with van der Waals surface area (Å²) in [6.07, 6.45) is 3.14. The fraction of sp³-hybridized carbons (Fsp3) is 0.529. The molecule has 0 radical (unpaired) electrons. The van der Waals surface area contributed by atoms with Crippen molar-refractivity contribution in [1.29, 1.82) is 0 Å². The minimum absolute atomic E-state index is 0.0367. The molecule has 132 valence electrons. The van der Waals surface area contributed by atoms with Gasteiger partial charge in [0.15, 0.2) is 11.5 Å². The summed E-state index contributed by atoms with van der Waals surface area (Å²) in [4.78, 5) is 25.4. The fourth-order valence-corrected chi connectivity index (χ4v) is 3.20. The molecule has 1 atom stereocenters. The molecule has 0 saturated carbocycles. The maximum absolute atomic E-state index is 12.9. The first-order chi connectivity index (χ1) is 11.4. The summed E-state index contributed by atoms with van der Waals surface area (Å²) in [5.41, 5.74) is 0.337. The predicted molar refractivity (Wildman–Crippen MR) is 89.8 cm³/mol. The molecular weight excluding hydrogens is 334 g/mol. The van der Waals surface area contributed by atoms with Crippen molar-refractivity contribution >= 4 is 23.5 Å². The Labute approximate surface area is 146 Å². The summed E-state index contributed by atoms with van der Waals surface area (Å²) >= 11 is 6.00. The van der Waals surface area contributed by atoms with E-state index in [4.69, 9.17) is 21.4 Å². The normalized spacial score (nSPS) is 17.6. The third-order valence-corrected chi connectivity index (χ3v) is 4.44. The summed E-state index contributed by atoms with van der Waals surface area (Å²) in [6, 6.07) is 2.81. The first-order valence-electron chi connectivity index (χ1n) is 8.12. The average Bonchev–Trinajstić information content (AvgIpc) is 2.56. The van der Waals surface area contributed by atoms with Gasteiger partial charge in [-0.05, 0) is 44.7 Å². The predicted octanol–water partition coefficient (Wildman–Crippen LogP) is 3.30. The topological polar surface area (TPSA) is 87.1 Å². The standard InChI is InChI=1S/C17H22ClNO5/c1-2-24-14-10-11(9-13(18)16(14)22)17(23)19-8-4-3-5-12(19)6-7-15(20)21/h9-10,12,22H,2-8H2,1H3,(H,20,21). The lowest BCUT2D eigenvalue weighted by molar-refractivity contribution is -0.137. The maximum atomic E-state index is 12.9. The molecule has 1 unspecified atom stereocenters. The molecule has 0 bridgehead atoms. The summed E-state index contributed by atoms with van der Waals surface area (Å²) in [5, 5.41) is 18.8. The highest BCUT2D eigenvalue weighted by Gasteiger charge is 2.28. The smallest absolute Gasteiger partial charge is 0.303 e. The van der Waals surface area contributed by atoms with Crippen LogP contribution < -0.4 is 4.74 Å². The number of carboxylic acid groups (broad SMARTS) is 1. The van der Waals surface area contributed by atoms with Gasteiger partial charge in [0.1, 0.15) is 0 Å². The highest BCUT2D eigenvalue weighted by atomic mass is 35.5. The molecule has 2 rings (SSSR count). The van der Waals surface area contributed by atoms with E-state index < -0.39 is 5.97 Å². The highest BCUT2D eigenvalue weighted by Crippen LogP contribution is 2.36. The Morgan fingerprint density at radius 3 is 2.79 bits per heavy atom. The van der Waals surface area contributed by atoms with Crippen LogP contribution >= 0.6 is 11.6 Å². The number of nitrogens with zero attached hydrogens (tertiary/aromatic N) is 1. The van der Waals surface area contributed by atoms with E-state index in [1.807, 2.05) is 0 Å². The van der Waals surface area contributed by atoms with E-state index in [9.17, 15) is 14.7 Å². The van der Waals surface area contributed by atoms with E-state index in [0.717, 1.165) is 19.3 Å². The number of rotatable bonds is 6. The van der Waals surface area contributed by atoms with Crippen LogP contribution in [0.4, 0.5) is 0 Å². The van der Waals surface area contributed by atoms with Gasteiger partial charge in [0, 0.05) is 24.6 Å². The van der Waals surface area contributed by atoms with E-state index in [1.165, 1.54) is 12.1 Å². The zero-order chi connectivity index (χ0) is 17.7. The van der Waals surface area contributed by atoms with Crippen LogP contribution in [0.5, 0.6) is 11.5 Å². The molecule has 0 aromatic heterocycles. The van der Waals surface area contributed by atoms with Crippen LogP contribution in [0.25, 0.3) is 0 Å². The van der Waals surface area contributed by atoms with E-state index in [1.54, 1.807) is 11.8 Å². The van der Waals surface area contributed by atoms with Crippen LogP contribution in [-0.2, 0) is 4.79 Å². The van der Waals surface area contributed by atoms with Crippen molar-refractivity contribution in [2.75, 3.05) is 13.2 Å². The quantitative estimate of drug-likeness (QED) is 0.817. The third-order valence-electron chi connectivity index (χ3n) is 4.15. The molecule has 6 nitrogen and oxygen atoms in total. The Morgan fingerprint density at radius 2 is 2.12 bits per heavy atom. The van der Waals surface area contributed by atoms with Crippen molar-refractivity contribution in [2.45, 2.75) is 45.1 Å². The molecule has 2 N–H and O–H groups in total. The van der Waals surface area contributed by atoms with Gasteiger partial charge < -0.3 is 19.8 Å². The number of piperidine rings is 1. The van der Waals surface area contributed by atoms with Crippen LogP contribution in [0, 0.1) is 0 Å². The number of hydrogen-bond donors (Lipinski definition) is 2. The minimum Gasteiger partial charge on any atom is -0.503 e. The van der Waals surface area contributed by atoms with Crippen LogP contribution in [0.3, 0.4) is 0 Å². The Balaban J connectivity index is 2.23. The van der Waals surface area contributed by atoms with Gasteiger partial charge in [-0.1, -0.05) is 11.6 Å². The Hall–Kier alpha value is -1.95. The first kappa shape index (κ1) is 18.4. The lowest BCUT2D eigenvalue weighted by Gasteiger charge is -2.36. The number of likely N-dealkylation sites (tertiary alicyclic amines) is 1. The molecule has 7 heteroatoms. The van der Waals surface area contributed by atoms with Crippen molar-refractivity contribution in [3.8, 4) is 11.5 Å². The summed E-state index contributed by atoms with van der Waals surface area (Å²) in [7, 11) is 0. The molecule has 1 aliphatic heterocycles. The number of hydrogen-bond acceptors (Lipinski definition) is 4. The second-order valence-corrected chi connectivity index (χ2v) is 6.23. The Bertz CT molecular complexity index is 619. The van der Waals surface area contributed by atoms with Gasteiger partial charge in [0.2, 0.25) is 0 Å². The lowest BCUT2D eigenvalue weighted by atomic mass is 9.97. The number of ether oxygens (including phenoxy) is 1. The van der Waals surface area contributed by atoms with E-state index in [-0.39, 0.29) is 34.9 Å². The van der Waals surface area contributed by atoms with Crippen LogP contribution in [0.2, 0.25) is 5.02 Å². The minimum atomic E-state index is -0.862. The number of aliphatic carboxylic acids is 1. The van der Waals surface area contributed by atoms with Crippen molar-refractivity contribution in [2.24, 2.45) is 0 Å². The van der Waals surface area contributed by atoms with Gasteiger partial charge in [0.05, 0.1) is 11.6 Å². The molecule has 1 aromatic rings. The summed E-state index contributed by atoms with van der Waals surface area (Å²) < 4.78 is 5.32. The number of amides is 1. The number of halogens is 1. The molecule has 1 amide bonds. The second-order valence-electron chi connectivity index (χ2n) is 5.82. The monoisotopic (exact) mass is 355 g/mol. The van der Waals surface area contributed by atoms with Crippen LogP contribution in [0.1, 0.15) is 49.4 Å². The number of phenolic OH excluding ortho intramolecular Hbond substituents is 1. The molecule has 1 saturated heterocycles. The largest absolute Gasteiger partial charge is 0.503 e. The van der Waals surface area contributed by atoms with Gasteiger partial charge in [-0.15, -0.1) is 0 Å². The SMILES string of the molecule is CCOc1cc(C(=O)N2CCCCC2CCC(=O)O)cc(Cl)c1O. The molecule has 24 heavy (non-hydrogen) atoms. The number of carbonyl (C=O) groups is 2. The molecule has 1 aromatic carbocycles. The summed E-state index contributed by atoms with van der Waals surface area (Å²) in [6.45, 7) is 2.70. The molecule has 1 heterocycles. The number of phenols is 1. The van der Waals surface area contributed by atoms with E-state index in [0.29, 0.717) is 25.1 Å². The zero-order valence-electron chi connectivity index (χ0n) is 13.6. The van der Waals surface area contributed by atoms with Crippen molar-refractivity contribution < 1.29 is 24.5 Å². The molecule has 0 aliphatic carbocycles. The number of aromatic hydroxyl groups is 1. The van der Waals surface area contributed by atoms with Crippen LogP contribution in [0.15, 0.2) is 12.1 Å². The Kier molecular flexibility index (Phi) is 6.31. The van der Waals surface area contributed by atoms with Gasteiger partial charge in [-0.3, -0.25) is 9.59 Å². The zero-order valence-corrected chi connectivity index (χ0v) is 14.4. The molecule has 1 fully saturated rings. The van der Waals surface area contributed by atoms with Crippen molar-refractivity contribution in [3.63, 3.8) is 0 Å². The lowest BCUT2D eigenvalue weighted by Crippen LogP contribution is -2.44. The van der Waals surface area contributed by atoms with Gasteiger partial charge in [-0.25, -0.2) is 0 Å². The highest BCUT2D eigenvalue weighted by molar-refractivity contribution is 6.32. The van der Waals surface area contributed by atoms with E-state index >= 15 is 0 Å².